The van der Waals surface area contributed by atoms with Gasteiger partial charge in [0.1, 0.15) is 12.8 Å². The molecule has 0 fully saturated rings. The molecule has 0 saturated heterocycles. The van der Waals surface area contributed by atoms with E-state index in [-0.39, 0.29) is 6.54 Å². The fourth-order valence-corrected chi connectivity index (χ4v) is 0.475. The Bertz CT molecular complexity index is 255. The molecule has 8 heteroatoms. The van der Waals surface area contributed by atoms with E-state index in [0.29, 0.717) is 6.29 Å². The number of nitrogens with one attached hydrogen (secondary N) is 2. The smallest absolute Gasteiger partial charge is 0.341 e. The second-order valence-corrected chi connectivity index (χ2v) is 2.01. The van der Waals surface area contributed by atoms with Gasteiger partial charge in [0.25, 0.3) is 0 Å². The Labute approximate surface area is 77.5 Å². The van der Waals surface area contributed by atoms with Crippen molar-refractivity contribution in [2.75, 3.05) is 13.1 Å². The van der Waals surface area contributed by atoms with Gasteiger partial charge < -0.3 is 15.4 Å². The van der Waals surface area contributed by atoms with Gasteiger partial charge in [-0.2, -0.15) is 0 Å². The predicted octanol–water partition coefficient (Wildman–Crippen LogP) is -2.15. The van der Waals surface area contributed by atoms with E-state index in [2.05, 4.69) is 4.94 Å². The van der Waals surface area contributed by atoms with E-state index in [4.69, 9.17) is 0 Å². The highest BCUT2D eigenvalue weighted by Crippen LogP contribution is 1.75. The molecule has 2 amide bonds. The van der Waals surface area contributed by atoms with Crippen molar-refractivity contribution in [3.8, 4) is 0 Å². The first-order valence-corrected chi connectivity index (χ1v) is 3.43. The van der Waals surface area contributed by atoms with Crippen LogP contribution in [0.4, 0.5) is 4.53 Å². The summed E-state index contributed by atoms with van der Waals surface area (Å²) in [6.45, 7) is -1.08. The Morgan fingerprint density at radius 2 is 1.79 bits per heavy atom. The largest absolute Gasteiger partial charge is 0.367 e. The fraction of sp³-hybridized carbons (Fsp3) is 0.333. The SMILES string of the molecule is O=CCNC(=O)C(=O)NCC(=O)OF. The van der Waals surface area contributed by atoms with E-state index in [9.17, 15) is 23.7 Å². The first-order chi connectivity index (χ1) is 6.61. The number of hydrogen-bond donors (Lipinski definition) is 2. The molecule has 0 bridgehead atoms. The van der Waals surface area contributed by atoms with Gasteiger partial charge >= 0.3 is 17.8 Å². The molecule has 2 N–H and O–H groups in total. The van der Waals surface area contributed by atoms with Crippen molar-refractivity contribution in [2.45, 2.75) is 0 Å². The van der Waals surface area contributed by atoms with E-state index < -0.39 is 24.3 Å². The zero-order valence-corrected chi connectivity index (χ0v) is 6.91. The maximum atomic E-state index is 11.1. The summed E-state index contributed by atoms with van der Waals surface area (Å²) >= 11 is 0. The molecule has 0 radical (unpaired) electrons. The van der Waals surface area contributed by atoms with Crippen molar-refractivity contribution >= 4 is 24.1 Å². The predicted molar refractivity (Wildman–Crippen MR) is 39.3 cm³/mol. The van der Waals surface area contributed by atoms with Crippen LogP contribution in [0.2, 0.25) is 0 Å². The highest BCUT2D eigenvalue weighted by molar-refractivity contribution is 6.35. The average molecular weight is 206 g/mol. The van der Waals surface area contributed by atoms with Crippen LogP contribution in [0.25, 0.3) is 0 Å². The third-order valence-corrected chi connectivity index (χ3v) is 1.03. The Kier molecular flexibility index (Phi) is 5.59. The van der Waals surface area contributed by atoms with Crippen LogP contribution in [0.1, 0.15) is 0 Å². The molecule has 0 heterocycles. The molecule has 0 unspecified atom stereocenters. The molecular weight excluding hydrogens is 199 g/mol. The molecule has 7 nitrogen and oxygen atoms in total. The van der Waals surface area contributed by atoms with Gasteiger partial charge in [-0.05, 0) is 0 Å². The van der Waals surface area contributed by atoms with Gasteiger partial charge in [-0.25, -0.2) is 4.79 Å². The molecule has 0 aliphatic carbocycles. The van der Waals surface area contributed by atoms with Crippen LogP contribution < -0.4 is 10.6 Å². The lowest BCUT2D eigenvalue weighted by Gasteiger charge is -2.01. The minimum atomic E-state index is -1.33. The minimum absolute atomic E-state index is 0.320. The number of carbonyl (C=O) groups excluding carboxylic acids is 4. The fourth-order valence-electron chi connectivity index (χ4n) is 0.475. The van der Waals surface area contributed by atoms with E-state index >= 15 is 0 Å². The van der Waals surface area contributed by atoms with Crippen molar-refractivity contribution in [1.29, 1.82) is 0 Å². The second-order valence-electron chi connectivity index (χ2n) is 2.01. The summed E-state index contributed by atoms with van der Waals surface area (Å²) in [7, 11) is 0. The highest BCUT2D eigenvalue weighted by Gasteiger charge is 2.14. The number of halogens is 1. The second kappa shape index (κ2) is 6.52. The van der Waals surface area contributed by atoms with E-state index in [1.54, 1.807) is 5.32 Å². The van der Waals surface area contributed by atoms with E-state index in [0.717, 1.165) is 0 Å². The minimum Gasteiger partial charge on any atom is -0.341 e. The van der Waals surface area contributed by atoms with Crippen LogP contribution in [0.5, 0.6) is 0 Å². The van der Waals surface area contributed by atoms with Gasteiger partial charge in [0.2, 0.25) is 0 Å². The van der Waals surface area contributed by atoms with Crippen molar-refractivity contribution in [2.24, 2.45) is 0 Å². The average Bonchev–Trinajstić information content (AvgIpc) is 2.21. The van der Waals surface area contributed by atoms with Crippen molar-refractivity contribution < 1.29 is 28.6 Å². The summed E-state index contributed by atoms with van der Waals surface area (Å²) in [5.41, 5.74) is 0. The van der Waals surface area contributed by atoms with Crippen LogP contribution in [0.3, 0.4) is 0 Å². The lowest BCUT2D eigenvalue weighted by molar-refractivity contribution is -0.182. The van der Waals surface area contributed by atoms with E-state index in [1.165, 1.54) is 0 Å². The zero-order valence-electron chi connectivity index (χ0n) is 6.91. The number of carbonyl (C=O) groups is 4. The number of amides is 2. The third kappa shape index (κ3) is 4.80. The van der Waals surface area contributed by atoms with Crippen LogP contribution in [-0.4, -0.2) is 37.2 Å². The van der Waals surface area contributed by atoms with Crippen molar-refractivity contribution in [1.82, 2.24) is 10.6 Å². The molecule has 0 aromatic carbocycles. The first kappa shape index (κ1) is 12.0. The van der Waals surface area contributed by atoms with Gasteiger partial charge in [-0.3, -0.25) is 14.5 Å². The highest BCUT2D eigenvalue weighted by atomic mass is 19.3. The van der Waals surface area contributed by atoms with Crippen LogP contribution >= 0.6 is 0 Å². The molecule has 14 heavy (non-hydrogen) atoms. The Hall–Kier alpha value is -1.99. The van der Waals surface area contributed by atoms with Crippen molar-refractivity contribution in [3.05, 3.63) is 0 Å². The Morgan fingerprint density at radius 1 is 1.21 bits per heavy atom. The monoisotopic (exact) mass is 206 g/mol. The van der Waals surface area contributed by atoms with Gasteiger partial charge in [0.15, 0.2) is 0 Å². The number of aldehydes is 1. The van der Waals surface area contributed by atoms with Crippen LogP contribution in [0.15, 0.2) is 0 Å². The standard InChI is InChI=1S/C6H7FN2O5/c7-14-4(11)3-9-6(13)5(12)8-1-2-10/h2H,1,3H2,(H,8,12)(H,9,13). The number of hydrogen-bond acceptors (Lipinski definition) is 5. The summed E-state index contributed by atoms with van der Waals surface area (Å²) in [6, 6.07) is 0. The maximum Gasteiger partial charge on any atom is 0.367 e. The Morgan fingerprint density at radius 3 is 2.29 bits per heavy atom. The topological polar surface area (TPSA) is 102 Å². The lowest BCUT2D eigenvalue weighted by Crippen LogP contribution is -2.42. The molecular formula is C6H7FN2O5. The first-order valence-electron chi connectivity index (χ1n) is 3.43. The maximum absolute atomic E-state index is 11.1. The summed E-state index contributed by atoms with van der Waals surface area (Å²) in [6.07, 6.45) is 0.376. The summed E-state index contributed by atoms with van der Waals surface area (Å²) in [5, 5.41) is 3.67. The molecule has 78 valence electrons. The van der Waals surface area contributed by atoms with Gasteiger partial charge in [0.05, 0.1) is 6.54 Å². The van der Waals surface area contributed by atoms with Crippen LogP contribution in [0, 0.1) is 0 Å². The third-order valence-electron chi connectivity index (χ3n) is 1.03. The number of rotatable bonds is 4. The van der Waals surface area contributed by atoms with Gasteiger partial charge in [0, 0.05) is 4.53 Å². The molecule has 0 aromatic rings. The Balaban J connectivity index is 3.78. The molecule has 0 aliphatic rings. The van der Waals surface area contributed by atoms with Gasteiger partial charge in [-0.15, -0.1) is 0 Å². The van der Waals surface area contributed by atoms with Gasteiger partial charge in [-0.1, -0.05) is 0 Å². The zero-order chi connectivity index (χ0) is 11.0. The molecule has 0 atom stereocenters. The molecule has 0 rings (SSSR count). The molecule has 0 spiro atoms. The lowest BCUT2D eigenvalue weighted by atomic mass is 10.5. The van der Waals surface area contributed by atoms with Crippen molar-refractivity contribution in [3.63, 3.8) is 0 Å². The molecule has 0 aromatic heterocycles. The summed E-state index contributed by atoms with van der Waals surface area (Å²) in [4.78, 5) is 44.0. The summed E-state index contributed by atoms with van der Waals surface area (Å²) in [5.74, 6) is -3.58. The normalized spacial score (nSPS) is 8.64. The van der Waals surface area contributed by atoms with Crippen LogP contribution in [-0.2, 0) is 24.1 Å². The van der Waals surface area contributed by atoms with E-state index in [1.807, 2.05) is 5.32 Å². The molecule has 0 aliphatic heterocycles. The summed E-state index contributed by atoms with van der Waals surface area (Å²) < 4.78 is 11.1. The quantitative estimate of drug-likeness (QED) is 0.403. The molecule has 0 saturated carbocycles.